The predicted octanol–water partition coefficient (Wildman–Crippen LogP) is 6.99. The van der Waals surface area contributed by atoms with E-state index in [1.807, 2.05) is 19.1 Å². The minimum absolute atomic E-state index is 0.0615. The van der Waals surface area contributed by atoms with Crippen LogP contribution in [-0.2, 0) is 9.59 Å². The van der Waals surface area contributed by atoms with Gasteiger partial charge in [0.15, 0.2) is 0 Å². The zero-order valence-corrected chi connectivity index (χ0v) is 23.1. The Morgan fingerprint density at radius 2 is 1.33 bits per heavy atom. The predicted molar refractivity (Wildman–Crippen MR) is 158 cm³/mol. The Bertz CT molecular complexity index is 1460. The standard InChI is InChI=1S/C33H33N3O3/c1-6-17-34-29-18-22(2)24(19-27(29)23(3)21-33(34,4)5)20-28-30(37)35(25-13-9-7-10-14-25)32(39)36(31(28)38)26-15-11-8-12-16-26/h7-16,18-21H,6,17H2,1-5H3. The molecule has 2 aliphatic heterocycles. The van der Waals surface area contributed by atoms with Gasteiger partial charge in [-0.05, 0) is 93.3 Å². The molecule has 198 valence electrons. The molecule has 6 nitrogen and oxygen atoms in total. The molecule has 3 aromatic carbocycles. The Labute approximate surface area is 229 Å². The molecule has 0 aliphatic carbocycles. The van der Waals surface area contributed by atoms with E-state index in [4.69, 9.17) is 0 Å². The van der Waals surface area contributed by atoms with Gasteiger partial charge in [-0.3, -0.25) is 9.59 Å². The van der Waals surface area contributed by atoms with Crippen molar-refractivity contribution in [3.63, 3.8) is 0 Å². The molecule has 0 aromatic heterocycles. The third-order valence-electron chi connectivity index (χ3n) is 7.39. The number of rotatable bonds is 5. The summed E-state index contributed by atoms with van der Waals surface area (Å²) < 4.78 is 0. The molecule has 1 fully saturated rings. The maximum Gasteiger partial charge on any atom is 0.343 e. The van der Waals surface area contributed by atoms with Crippen molar-refractivity contribution < 1.29 is 14.4 Å². The summed E-state index contributed by atoms with van der Waals surface area (Å²) in [6.45, 7) is 11.6. The van der Waals surface area contributed by atoms with E-state index in [1.54, 1.807) is 54.6 Å². The van der Waals surface area contributed by atoms with Crippen molar-refractivity contribution in [2.75, 3.05) is 21.2 Å². The van der Waals surface area contributed by atoms with Crippen LogP contribution in [0.1, 0.15) is 50.8 Å². The zero-order chi connectivity index (χ0) is 27.9. The van der Waals surface area contributed by atoms with Gasteiger partial charge in [-0.1, -0.05) is 49.4 Å². The first-order chi connectivity index (χ1) is 18.6. The number of amides is 4. The van der Waals surface area contributed by atoms with E-state index in [9.17, 15) is 14.4 Å². The van der Waals surface area contributed by atoms with Crippen LogP contribution in [0.5, 0.6) is 0 Å². The van der Waals surface area contributed by atoms with Gasteiger partial charge in [-0.15, -0.1) is 0 Å². The fourth-order valence-corrected chi connectivity index (χ4v) is 5.53. The highest BCUT2D eigenvalue weighted by atomic mass is 16.2. The minimum Gasteiger partial charge on any atom is -0.362 e. The highest BCUT2D eigenvalue weighted by Crippen LogP contribution is 2.41. The third-order valence-corrected chi connectivity index (χ3v) is 7.39. The number of barbiturate groups is 1. The lowest BCUT2D eigenvalue weighted by Crippen LogP contribution is -2.57. The van der Waals surface area contributed by atoms with Gasteiger partial charge in [0.25, 0.3) is 11.8 Å². The molecule has 5 rings (SSSR count). The Balaban J connectivity index is 1.66. The van der Waals surface area contributed by atoms with Crippen molar-refractivity contribution in [1.82, 2.24) is 0 Å². The highest BCUT2D eigenvalue weighted by Gasteiger charge is 2.43. The Morgan fingerprint density at radius 3 is 1.85 bits per heavy atom. The van der Waals surface area contributed by atoms with Crippen LogP contribution in [0.25, 0.3) is 11.6 Å². The SMILES string of the molecule is CCCN1c2cc(C)c(C=C3C(=O)N(c4ccccc4)C(=O)N(c4ccccc4)C3=O)cc2C(C)=CC1(C)C. The highest BCUT2D eigenvalue weighted by molar-refractivity contribution is 6.46. The van der Waals surface area contributed by atoms with Crippen molar-refractivity contribution in [3.8, 4) is 0 Å². The number of anilines is 3. The van der Waals surface area contributed by atoms with Crippen molar-refractivity contribution in [2.24, 2.45) is 0 Å². The zero-order valence-electron chi connectivity index (χ0n) is 23.1. The lowest BCUT2D eigenvalue weighted by molar-refractivity contribution is -0.121. The smallest absolute Gasteiger partial charge is 0.343 e. The molecule has 39 heavy (non-hydrogen) atoms. The summed E-state index contributed by atoms with van der Waals surface area (Å²) in [6.07, 6.45) is 4.92. The van der Waals surface area contributed by atoms with Crippen LogP contribution in [0.2, 0.25) is 0 Å². The fraction of sp³-hybridized carbons (Fsp3) is 0.242. The first kappa shape index (κ1) is 26.2. The number of imide groups is 2. The lowest BCUT2D eigenvalue weighted by Gasteiger charge is -2.43. The van der Waals surface area contributed by atoms with Crippen LogP contribution in [-0.4, -0.2) is 29.9 Å². The van der Waals surface area contributed by atoms with Crippen molar-refractivity contribution >= 4 is 46.6 Å². The molecular formula is C33H33N3O3. The average Bonchev–Trinajstić information content (AvgIpc) is 2.90. The van der Waals surface area contributed by atoms with Crippen molar-refractivity contribution in [2.45, 2.75) is 46.6 Å². The summed E-state index contributed by atoms with van der Waals surface area (Å²) >= 11 is 0. The molecule has 0 spiro atoms. The fourth-order valence-electron chi connectivity index (χ4n) is 5.53. The van der Waals surface area contributed by atoms with Gasteiger partial charge in [-0.2, -0.15) is 0 Å². The number of nitrogens with zero attached hydrogens (tertiary/aromatic N) is 3. The van der Waals surface area contributed by atoms with Gasteiger partial charge in [-0.25, -0.2) is 14.6 Å². The number of allylic oxidation sites excluding steroid dienone is 1. The first-order valence-corrected chi connectivity index (χ1v) is 13.3. The number of fused-ring (bicyclic) bond motifs is 1. The van der Waals surface area contributed by atoms with Crippen LogP contribution in [0.15, 0.2) is 84.4 Å². The monoisotopic (exact) mass is 519 g/mol. The van der Waals surface area contributed by atoms with E-state index >= 15 is 0 Å². The molecule has 3 aromatic rings. The second-order valence-electron chi connectivity index (χ2n) is 10.7. The molecule has 1 saturated heterocycles. The number of hydrogen-bond donors (Lipinski definition) is 0. The quantitative estimate of drug-likeness (QED) is 0.269. The largest absolute Gasteiger partial charge is 0.362 e. The Morgan fingerprint density at radius 1 is 0.795 bits per heavy atom. The summed E-state index contributed by atoms with van der Waals surface area (Å²) in [6, 6.07) is 20.9. The van der Waals surface area contributed by atoms with Gasteiger partial charge in [0.2, 0.25) is 0 Å². The maximum atomic E-state index is 13.8. The number of para-hydroxylation sites is 2. The summed E-state index contributed by atoms with van der Waals surface area (Å²) in [5, 5.41) is 0. The summed E-state index contributed by atoms with van der Waals surface area (Å²) in [5.74, 6) is -1.27. The van der Waals surface area contributed by atoms with Gasteiger partial charge in [0.1, 0.15) is 5.57 Å². The first-order valence-electron chi connectivity index (χ1n) is 13.3. The van der Waals surface area contributed by atoms with Crippen LogP contribution in [0, 0.1) is 6.92 Å². The van der Waals surface area contributed by atoms with Crippen LogP contribution in [0.3, 0.4) is 0 Å². The molecule has 0 unspecified atom stereocenters. The van der Waals surface area contributed by atoms with Gasteiger partial charge < -0.3 is 4.90 Å². The van der Waals surface area contributed by atoms with E-state index in [2.05, 4.69) is 50.8 Å². The number of hydrogen-bond acceptors (Lipinski definition) is 4. The summed E-state index contributed by atoms with van der Waals surface area (Å²) in [4.78, 5) is 45.7. The maximum absolute atomic E-state index is 13.8. The van der Waals surface area contributed by atoms with Crippen LogP contribution in [0.4, 0.5) is 21.9 Å². The number of urea groups is 1. The molecule has 6 heteroatoms. The number of aryl methyl sites for hydroxylation is 1. The summed E-state index contributed by atoms with van der Waals surface area (Å²) in [5.41, 5.74) is 5.72. The Kier molecular flexibility index (Phi) is 6.73. The number of carbonyl (C=O) groups is 3. The Hall–Kier alpha value is -4.45. The molecule has 0 saturated carbocycles. The van der Waals surface area contributed by atoms with E-state index < -0.39 is 17.8 Å². The molecule has 0 radical (unpaired) electrons. The normalized spacial score (nSPS) is 16.8. The molecule has 0 atom stereocenters. The van der Waals surface area contributed by atoms with E-state index in [1.165, 1.54) is 0 Å². The van der Waals surface area contributed by atoms with Gasteiger partial charge in [0, 0.05) is 17.8 Å². The molecular weight excluding hydrogens is 486 g/mol. The average molecular weight is 520 g/mol. The van der Waals surface area contributed by atoms with E-state index in [-0.39, 0.29) is 11.1 Å². The molecule has 4 amide bonds. The molecule has 2 aliphatic rings. The molecule has 0 N–H and O–H groups in total. The van der Waals surface area contributed by atoms with E-state index in [0.29, 0.717) is 11.4 Å². The van der Waals surface area contributed by atoms with E-state index in [0.717, 1.165) is 50.7 Å². The van der Waals surface area contributed by atoms with Gasteiger partial charge >= 0.3 is 6.03 Å². The van der Waals surface area contributed by atoms with Crippen LogP contribution >= 0.6 is 0 Å². The summed E-state index contributed by atoms with van der Waals surface area (Å²) in [7, 11) is 0. The van der Waals surface area contributed by atoms with Crippen LogP contribution < -0.4 is 14.7 Å². The van der Waals surface area contributed by atoms with Crippen molar-refractivity contribution in [1.29, 1.82) is 0 Å². The van der Waals surface area contributed by atoms with Gasteiger partial charge in [0.05, 0.1) is 16.9 Å². The molecule has 2 heterocycles. The third kappa shape index (κ3) is 4.56. The number of carbonyl (C=O) groups excluding carboxylic acids is 3. The number of benzene rings is 3. The lowest BCUT2D eigenvalue weighted by atomic mass is 9.86. The van der Waals surface area contributed by atoms with Crippen molar-refractivity contribution in [3.05, 3.63) is 101 Å². The molecule has 0 bridgehead atoms. The minimum atomic E-state index is -0.696. The second-order valence-corrected chi connectivity index (χ2v) is 10.7. The topological polar surface area (TPSA) is 60.9 Å². The second kappa shape index (κ2) is 10.0.